The van der Waals surface area contributed by atoms with Gasteiger partial charge in [0.05, 0.1) is 11.4 Å². The first-order chi connectivity index (χ1) is 6.92. The van der Waals surface area contributed by atoms with Gasteiger partial charge in [-0.25, -0.2) is 0 Å². The molecule has 86 valence electrons. The number of aryl methyl sites for hydroxylation is 2. The van der Waals surface area contributed by atoms with Crippen molar-refractivity contribution >= 4 is 0 Å². The summed E-state index contributed by atoms with van der Waals surface area (Å²) in [5.74, 6) is 0. The summed E-state index contributed by atoms with van der Waals surface area (Å²) in [5, 5.41) is 7.88. The molecule has 15 heavy (non-hydrogen) atoms. The van der Waals surface area contributed by atoms with Crippen LogP contribution in [0.2, 0.25) is 0 Å². The fourth-order valence-corrected chi connectivity index (χ4v) is 1.48. The van der Waals surface area contributed by atoms with E-state index in [0.29, 0.717) is 5.41 Å². The van der Waals surface area contributed by atoms with Crippen LogP contribution in [0.5, 0.6) is 0 Å². The molecular formula is C12H23N3. The summed E-state index contributed by atoms with van der Waals surface area (Å²) in [6.07, 6.45) is 1.01. The number of nitrogens with zero attached hydrogens (tertiary/aromatic N) is 2. The predicted octanol–water partition coefficient (Wildman–Crippen LogP) is 2.12. The van der Waals surface area contributed by atoms with Gasteiger partial charge in [0, 0.05) is 20.1 Å². The average Bonchev–Trinajstić information content (AvgIpc) is 2.45. The van der Waals surface area contributed by atoms with Gasteiger partial charge in [-0.3, -0.25) is 4.68 Å². The molecule has 1 aromatic heterocycles. The summed E-state index contributed by atoms with van der Waals surface area (Å²) in [7, 11) is 2.01. The van der Waals surface area contributed by atoms with Gasteiger partial charge in [0.2, 0.25) is 0 Å². The minimum absolute atomic E-state index is 0.339. The van der Waals surface area contributed by atoms with Crippen LogP contribution in [0.15, 0.2) is 6.07 Å². The zero-order valence-electron chi connectivity index (χ0n) is 10.6. The zero-order chi connectivity index (χ0) is 11.5. The molecule has 0 spiro atoms. The summed E-state index contributed by atoms with van der Waals surface area (Å²) in [6.45, 7) is 10.8. The van der Waals surface area contributed by atoms with Crippen LogP contribution in [0.1, 0.15) is 39.1 Å². The lowest BCUT2D eigenvalue weighted by atomic mass is 9.97. The van der Waals surface area contributed by atoms with Crippen molar-refractivity contribution in [3.8, 4) is 0 Å². The molecule has 0 fully saturated rings. The molecule has 0 aliphatic carbocycles. The molecule has 0 saturated heterocycles. The summed E-state index contributed by atoms with van der Waals surface area (Å²) in [5.41, 5.74) is 2.77. The summed E-state index contributed by atoms with van der Waals surface area (Å²) in [4.78, 5) is 0. The first-order valence-corrected chi connectivity index (χ1v) is 5.65. The lowest BCUT2D eigenvalue weighted by Gasteiger charge is -2.18. The van der Waals surface area contributed by atoms with E-state index in [0.717, 1.165) is 19.5 Å². The minimum atomic E-state index is 0.339. The van der Waals surface area contributed by atoms with E-state index in [1.54, 1.807) is 0 Å². The summed E-state index contributed by atoms with van der Waals surface area (Å²) < 4.78 is 1.97. The van der Waals surface area contributed by atoms with Gasteiger partial charge in [-0.05, 0) is 17.9 Å². The molecule has 1 aromatic rings. The van der Waals surface area contributed by atoms with E-state index in [9.17, 15) is 0 Å². The molecule has 0 amide bonds. The number of hydrogen-bond donors (Lipinski definition) is 1. The minimum Gasteiger partial charge on any atom is -0.311 e. The molecule has 0 radical (unpaired) electrons. The third-order valence-electron chi connectivity index (χ3n) is 2.35. The van der Waals surface area contributed by atoms with Gasteiger partial charge in [0.25, 0.3) is 0 Å². The SMILES string of the molecule is CCc1cc(CNCC(C)(C)C)n(C)n1. The second-order valence-electron chi connectivity index (χ2n) is 5.27. The van der Waals surface area contributed by atoms with Crippen molar-refractivity contribution in [3.63, 3.8) is 0 Å². The summed E-state index contributed by atoms with van der Waals surface area (Å²) in [6, 6.07) is 2.18. The Morgan fingerprint density at radius 2 is 2.07 bits per heavy atom. The van der Waals surface area contributed by atoms with Crippen LogP contribution in [0, 0.1) is 5.41 Å². The highest BCUT2D eigenvalue weighted by atomic mass is 15.3. The fourth-order valence-electron chi connectivity index (χ4n) is 1.48. The van der Waals surface area contributed by atoms with E-state index in [2.05, 4.69) is 44.2 Å². The average molecular weight is 209 g/mol. The number of rotatable bonds is 4. The molecule has 0 bridgehead atoms. The van der Waals surface area contributed by atoms with Gasteiger partial charge in [-0.15, -0.1) is 0 Å². The molecule has 0 aliphatic rings. The van der Waals surface area contributed by atoms with Crippen LogP contribution < -0.4 is 5.32 Å². The quantitative estimate of drug-likeness (QED) is 0.823. The highest BCUT2D eigenvalue weighted by Crippen LogP contribution is 2.11. The third-order valence-corrected chi connectivity index (χ3v) is 2.35. The van der Waals surface area contributed by atoms with Crippen molar-refractivity contribution in [2.75, 3.05) is 6.54 Å². The van der Waals surface area contributed by atoms with Crippen molar-refractivity contribution in [2.45, 2.75) is 40.7 Å². The first kappa shape index (κ1) is 12.2. The Labute approximate surface area is 92.9 Å². The maximum atomic E-state index is 4.42. The van der Waals surface area contributed by atoms with E-state index >= 15 is 0 Å². The number of aromatic nitrogens is 2. The van der Waals surface area contributed by atoms with Crippen LogP contribution in [0.3, 0.4) is 0 Å². The van der Waals surface area contributed by atoms with Crippen LogP contribution in [-0.2, 0) is 20.0 Å². The van der Waals surface area contributed by atoms with E-state index in [1.165, 1.54) is 11.4 Å². The van der Waals surface area contributed by atoms with Crippen molar-refractivity contribution in [2.24, 2.45) is 12.5 Å². The lowest BCUT2D eigenvalue weighted by Crippen LogP contribution is -2.27. The van der Waals surface area contributed by atoms with Crippen LogP contribution >= 0.6 is 0 Å². The molecule has 0 saturated carbocycles. The highest BCUT2D eigenvalue weighted by molar-refractivity contribution is 5.09. The third kappa shape index (κ3) is 4.04. The Bertz CT molecular complexity index is 307. The highest BCUT2D eigenvalue weighted by Gasteiger charge is 2.10. The predicted molar refractivity (Wildman–Crippen MR) is 63.7 cm³/mol. The van der Waals surface area contributed by atoms with Gasteiger partial charge in [0.15, 0.2) is 0 Å². The monoisotopic (exact) mass is 209 g/mol. The molecule has 1 N–H and O–H groups in total. The second kappa shape index (κ2) is 4.79. The molecule has 0 aliphatic heterocycles. The normalized spacial score (nSPS) is 12.1. The van der Waals surface area contributed by atoms with Gasteiger partial charge in [-0.1, -0.05) is 27.7 Å². The fraction of sp³-hybridized carbons (Fsp3) is 0.750. The van der Waals surface area contributed by atoms with Crippen molar-refractivity contribution < 1.29 is 0 Å². The van der Waals surface area contributed by atoms with Crippen LogP contribution in [0.25, 0.3) is 0 Å². The maximum absolute atomic E-state index is 4.42. The van der Waals surface area contributed by atoms with Gasteiger partial charge < -0.3 is 5.32 Å². The molecule has 3 nitrogen and oxygen atoms in total. The van der Waals surface area contributed by atoms with Gasteiger partial charge >= 0.3 is 0 Å². The smallest absolute Gasteiger partial charge is 0.0625 e. The molecule has 0 unspecified atom stereocenters. The van der Waals surface area contributed by atoms with Crippen LogP contribution in [0.4, 0.5) is 0 Å². The van der Waals surface area contributed by atoms with Crippen molar-refractivity contribution in [1.29, 1.82) is 0 Å². The Morgan fingerprint density at radius 1 is 1.40 bits per heavy atom. The molecule has 3 heteroatoms. The largest absolute Gasteiger partial charge is 0.311 e. The molecule has 1 heterocycles. The summed E-state index contributed by atoms with van der Waals surface area (Å²) >= 11 is 0. The molecule has 1 rings (SSSR count). The molecule has 0 aromatic carbocycles. The number of nitrogens with one attached hydrogen (secondary N) is 1. The maximum Gasteiger partial charge on any atom is 0.0625 e. The standard InChI is InChI=1S/C12H23N3/c1-6-10-7-11(15(5)14-10)8-13-9-12(2,3)4/h7,13H,6,8-9H2,1-5H3. The van der Waals surface area contributed by atoms with E-state index < -0.39 is 0 Å². The van der Waals surface area contributed by atoms with Gasteiger partial charge in [-0.2, -0.15) is 5.10 Å². The molecule has 0 atom stereocenters. The Balaban J connectivity index is 2.47. The van der Waals surface area contributed by atoms with Crippen LogP contribution in [-0.4, -0.2) is 16.3 Å². The Hall–Kier alpha value is -0.830. The van der Waals surface area contributed by atoms with E-state index in [1.807, 2.05) is 11.7 Å². The number of hydrogen-bond acceptors (Lipinski definition) is 2. The van der Waals surface area contributed by atoms with Crippen molar-refractivity contribution in [1.82, 2.24) is 15.1 Å². The van der Waals surface area contributed by atoms with E-state index in [-0.39, 0.29) is 0 Å². The zero-order valence-corrected chi connectivity index (χ0v) is 10.6. The van der Waals surface area contributed by atoms with Gasteiger partial charge in [0.1, 0.15) is 0 Å². The van der Waals surface area contributed by atoms with E-state index in [4.69, 9.17) is 0 Å². The lowest BCUT2D eigenvalue weighted by molar-refractivity contribution is 0.376. The Morgan fingerprint density at radius 3 is 2.53 bits per heavy atom. The topological polar surface area (TPSA) is 29.9 Å². The molecular weight excluding hydrogens is 186 g/mol. The second-order valence-corrected chi connectivity index (χ2v) is 5.27. The Kier molecular flexibility index (Phi) is 3.91. The van der Waals surface area contributed by atoms with Crippen molar-refractivity contribution in [3.05, 3.63) is 17.5 Å². The first-order valence-electron chi connectivity index (χ1n) is 5.65.